The molecular formula is C28H24ClN7OS. The molecule has 190 valence electrons. The number of benzene rings is 1. The fourth-order valence-electron chi connectivity index (χ4n) is 4.54. The lowest BCUT2D eigenvalue weighted by molar-refractivity contribution is 0.465. The van der Waals surface area contributed by atoms with Gasteiger partial charge in [-0.3, -0.25) is 0 Å². The smallest absolute Gasteiger partial charge is 0.228 e. The van der Waals surface area contributed by atoms with E-state index in [9.17, 15) is 0 Å². The van der Waals surface area contributed by atoms with Gasteiger partial charge >= 0.3 is 0 Å². The highest BCUT2D eigenvalue weighted by molar-refractivity contribution is 7.19. The number of pyridine rings is 1. The van der Waals surface area contributed by atoms with Crippen LogP contribution in [0, 0.1) is 0 Å². The van der Waals surface area contributed by atoms with Gasteiger partial charge in [-0.1, -0.05) is 11.6 Å². The van der Waals surface area contributed by atoms with Crippen LogP contribution >= 0.6 is 22.9 Å². The number of aromatic nitrogens is 5. The van der Waals surface area contributed by atoms with Crippen LogP contribution in [0.5, 0.6) is 11.6 Å². The molecule has 0 radical (unpaired) electrons. The molecular weight excluding hydrogens is 518 g/mol. The molecule has 0 unspecified atom stereocenters. The minimum Gasteiger partial charge on any atom is -0.438 e. The normalized spacial score (nSPS) is 12.6. The Morgan fingerprint density at radius 1 is 0.895 bits per heavy atom. The molecule has 0 fully saturated rings. The molecule has 0 amide bonds. The molecule has 5 aromatic rings. The van der Waals surface area contributed by atoms with E-state index in [1.807, 2.05) is 54.6 Å². The number of hydrogen-bond donors (Lipinski definition) is 2. The number of ether oxygens (including phenoxy) is 1. The molecule has 4 aromatic heterocycles. The molecule has 0 saturated heterocycles. The Bertz CT molecular complexity index is 1590. The SMILES string of the molecule is CNc1nccc(-c2cccnc2Oc2ccc(Nc3nnc(-c4ccc(Cl)s4)c4c3CCCC4)cc2)n1. The van der Waals surface area contributed by atoms with Crippen molar-refractivity contribution in [2.24, 2.45) is 0 Å². The van der Waals surface area contributed by atoms with E-state index in [0.29, 0.717) is 17.6 Å². The highest BCUT2D eigenvalue weighted by atomic mass is 35.5. The summed E-state index contributed by atoms with van der Waals surface area (Å²) in [5.74, 6) is 2.47. The highest BCUT2D eigenvalue weighted by Gasteiger charge is 2.21. The van der Waals surface area contributed by atoms with Crippen molar-refractivity contribution in [2.75, 3.05) is 17.7 Å². The Morgan fingerprint density at radius 2 is 1.74 bits per heavy atom. The number of nitrogens with zero attached hydrogens (tertiary/aromatic N) is 5. The van der Waals surface area contributed by atoms with Crippen LogP contribution in [0.2, 0.25) is 4.34 Å². The average molecular weight is 542 g/mol. The number of rotatable bonds is 7. The van der Waals surface area contributed by atoms with Crippen molar-refractivity contribution in [3.63, 3.8) is 0 Å². The van der Waals surface area contributed by atoms with Crippen LogP contribution in [0.3, 0.4) is 0 Å². The summed E-state index contributed by atoms with van der Waals surface area (Å²) in [7, 11) is 1.78. The summed E-state index contributed by atoms with van der Waals surface area (Å²) in [6.07, 6.45) is 7.66. The number of halogens is 1. The summed E-state index contributed by atoms with van der Waals surface area (Å²) in [6.45, 7) is 0. The molecule has 10 heteroatoms. The minimum absolute atomic E-state index is 0.471. The summed E-state index contributed by atoms with van der Waals surface area (Å²) in [4.78, 5) is 14.2. The summed E-state index contributed by atoms with van der Waals surface area (Å²) in [6, 6.07) is 17.3. The van der Waals surface area contributed by atoms with E-state index in [4.69, 9.17) is 16.3 Å². The van der Waals surface area contributed by atoms with Gasteiger partial charge in [0.05, 0.1) is 20.5 Å². The van der Waals surface area contributed by atoms with Crippen LogP contribution in [-0.2, 0) is 12.8 Å². The second-order valence-corrected chi connectivity index (χ2v) is 10.5. The standard InChI is InChI=1S/C28H24ClN7OS/c1-30-28-32-16-14-22(34-28)21-7-4-15-31-27(21)37-18-10-8-17(9-11-18)33-26-20-6-3-2-5-19(20)25(35-36-26)23-12-13-24(29)38-23/h4,7-16H,2-3,5-6H2,1H3,(H,33,36)(H,30,32,34). The minimum atomic E-state index is 0.471. The predicted molar refractivity (Wildman–Crippen MR) is 152 cm³/mol. The summed E-state index contributed by atoms with van der Waals surface area (Å²) >= 11 is 7.72. The number of nitrogens with one attached hydrogen (secondary N) is 2. The van der Waals surface area contributed by atoms with Crippen LogP contribution < -0.4 is 15.4 Å². The molecule has 0 saturated carbocycles. The molecule has 0 aliphatic heterocycles. The molecule has 0 spiro atoms. The van der Waals surface area contributed by atoms with E-state index in [-0.39, 0.29) is 0 Å². The maximum atomic E-state index is 6.18. The zero-order valence-electron chi connectivity index (χ0n) is 20.6. The van der Waals surface area contributed by atoms with Gasteiger partial charge in [-0.2, -0.15) is 0 Å². The third-order valence-corrected chi connectivity index (χ3v) is 7.59. The number of thiophene rings is 1. The summed E-state index contributed by atoms with van der Waals surface area (Å²) < 4.78 is 6.90. The van der Waals surface area contributed by atoms with Gasteiger partial charge in [0.15, 0.2) is 5.82 Å². The first kappa shape index (κ1) is 24.3. The first-order chi connectivity index (χ1) is 18.7. The Labute approximate surface area is 229 Å². The Balaban J connectivity index is 1.23. The number of fused-ring (bicyclic) bond motifs is 1. The van der Waals surface area contributed by atoms with Gasteiger partial charge in [0, 0.05) is 30.7 Å². The van der Waals surface area contributed by atoms with Crippen LogP contribution in [0.1, 0.15) is 24.0 Å². The second kappa shape index (κ2) is 10.7. The van der Waals surface area contributed by atoms with Crippen molar-refractivity contribution in [3.05, 3.63) is 82.5 Å². The first-order valence-corrected chi connectivity index (χ1v) is 13.5. The summed E-state index contributed by atoms with van der Waals surface area (Å²) in [5.41, 5.74) is 5.85. The Kier molecular flexibility index (Phi) is 6.85. The maximum absolute atomic E-state index is 6.18. The van der Waals surface area contributed by atoms with Crippen molar-refractivity contribution in [1.29, 1.82) is 0 Å². The molecule has 6 rings (SSSR count). The Morgan fingerprint density at radius 3 is 2.53 bits per heavy atom. The van der Waals surface area contributed by atoms with E-state index in [1.165, 1.54) is 11.1 Å². The van der Waals surface area contributed by atoms with Crippen LogP contribution in [-0.4, -0.2) is 32.2 Å². The van der Waals surface area contributed by atoms with Crippen LogP contribution in [0.25, 0.3) is 21.8 Å². The lowest BCUT2D eigenvalue weighted by Gasteiger charge is -2.21. The van der Waals surface area contributed by atoms with E-state index >= 15 is 0 Å². The van der Waals surface area contributed by atoms with Gasteiger partial charge in [0.1, 0.15) is 11.4 Å². The molecule has 0 bridgehead atoms. The van der Waals surface area contributed by atoms with Crippen LogP contribution in [0.4, 0.5) is 17.5 Å². The van der Waals surface area contributed by atoms with Crippen LogP contribution in [0.15, 0.2) is 67.0 Å². The fraction of sp³-hybridized carbons (Fsp3) is 0.179. The van der Waals surface area contributed by atoms with Crippen molar-refractivity contribution in [1.82, 2.24) is 25.1 Å². The first-order valence-electron chi connectivity index (χ1n) is 12.3. The Hall–Kier alpha value is -4.08. The molecule has 4 heterocycles. The van der Waals surface area contributed by atoms with Crippen molar-refractivity contribution in [3.8, 4) is 33.5 Å². The lowest BCUT2D eigenvalue weighted by atomic mass is 9.90. The van der Waals surface area contributed by atoms with Gasteiger partial charge in [-0.15, -0.1) is 21.5 Å². The molecule has 2 N–H and O–H groups in total. The third kappa shape index (κ3) is 5.03. The largest absolute Gasteiger partial charge is 0.438 e. The van der Waals surface area contributed by atoms with E-state index in [1.54, 1.807) is 30.8 Å². The predicted octanol–water partition coefficient (Wildman–Crippen LogP) is 7.17. The van der Waals surface area contributed by atoms with E-state index in [0.717, 1.165) is 63.4 Å². The second-order valence-electron chi connectivity index (χ2n) is 8.79. The van der Waals surface area contributed by atoms with E-state index < -0.39 is 0 Å². The van der Waals surface area contributed by atoms with E-state index in [2.05, 4.69) is 35.8 Å². The lowest BCUT2D eigenvalue weighted by Crippen LogP contribution is -2.11. The number of hydrogen-bond acceptors (Lipinski definition) is 9. The molecule has 1 aromatic carbocycles. The monoisotopic (exact) mass is 541 g/mol. The quantitative estimate of drug-likeness (QED) is 0.224. The molecule has 1 aliphatic rings. The van der Waals surface area contributed by atoms with Crippen molar-refractivity contribution >= 4 is 40.4 Å². The maximum Gasteiger partial charge on any atom is 0.228 e. The van der Waals surface area contributed by atoms with Gasteiger partial charge < -0.3 is 15.4 Å². The van der Waals surface area contributed by atoms with Crippen molar-refractivity contribution < 1.29 is 4.74 Å². The molecule has 38 heavy (non-hydrogen) atoms. The average Bonchev–Trinajstić information content (AvgIpc) is 3.40. The summed E-state index contributed by atoms with van der Waals surface area (Å²) in [5, 5.41) is 15.6. The molecule has 0 atom stereocenters. The van der Waals surface area contributed by atoms with Gasteiger partial charge in [0.25, 0.3) is 0 Å². The molecule has 1 aliphatic carbocycles. The van der Waals surface area contributed by atoms with Crippen molar-refractivity contribution in [2.45, 2.75) is 25.7 Å². The zero-order chi connectivity index (χ0) is 25.9. The van der Waals surface area contributed by atoms with Gasteiger partial charge in [-0.25, -0.2) is 15.0 Å². The topological polar surface area (TPSA) is 97.7 Å². The zero-order valence-corrected chi connectivity index (χ0v) is 22.2. The van der Waals surface area contributed by atoms with Gasteiger partial charge in [-0.05, 0) is 85.8 Å². The fourth-order valence-corrected chi connectivity index (χ4v) is 5.59. The van der Waals surface area contributed by atoms with Gasteiger partial charge in [0.2, 0.25) is 11.8 Å². The number of anilines is 3. The molecule has 8 nitrogen and oxygen atoms in total. The highest BCUT2D eigenvalue weighted by Crippen LogP contribution is 2.38. The third-order valence-electron chi connectivity index (χ3n) is 6.35.